The first-order chi connectivity index (χ1) is 10.4. The molecule has 0 saturated carbocycles. The van der Waals surface area contributed by atoms with Crippen LogP contribution in [0.3, 0.4) is 0 Å². The lowest BCUT2D eigenvalue weighted by Gasteiger charge is -2.23. The molecule has 0 bridgehead atoms. The maximum Gasteiger partial charge on any atom is 0.119 e. The normalized spacial score (nSPS) is 18.2. The first kappa shape index (κ1) is 14.0. The lowest BCUT2D eigenvalue weighted by Crippen LogP contribution is -2.40. The lowest BCUT2D eigenvalue weighted by atomic mass is 9.95. The molecule has 110 valence electrons. The molecule has 0 saturated heterocycles. The molecule has 0 fully saturated rings. The van der Waals surface area contributed by atoms with Crippen molar-refractivity contribution in [2.45, 2.75) is 31.2 Å². The monoisotopic (exact) mass is 283 g/mol. The molecule has 1 aliphatic carbocycles. The van der Waals surface area contributed by atoms with Crippen molar-refractivity contribution >= 4 is 0 Å². The maximum atomic E-state index is 5.77. The van der Waals surface area contributed by atoms with E-state index >= 15 is 0 Å². The number of nitrogens with zero attached hydrogens (tertiary/aromatic N) is 1. The second-order valence-corrected chi connectivity index (χ2v) is 5.42. The van der Waals surface area contributed by atoms with Gasteiger partial charge in [-0.25, -0.2) is 0 Å². The summed E-state index contributed by atoms with van der Waals surface area (Å²) in [5.41, 5.74) is 5.50. The molecule has 0 amide bonds. The Hall–Kier alpha value is -1.91. The fourth-order valence-corrected chi connectivity index (χ4v) is 3.06. The highest BCUT2D eigenvalue weighted by atomic mass is 16.5. The summed E-state index contributed by atoms with van der Waals surface area (Å²) < 4.78 is 5.77. The van der Waals surface area contributed by atoms with Crippen molar-refractivity contribution in [2.75, 3.05) is 6.61 Å². The second-order valence-electron chi connectivity index (χ2n) is 5.42. The van der Waals surface area contributed by atoms with Crippen LogP contribution in [-0.4, -0.2) is 17.6 Å². The van der Waals surface area contributed by atoms with Crippen LogP contribution in [0.4, 0.5) is 0 Å². The number of hydrazine groups is 1. The SMILES string of the molecule is NNC(CCOc1ccccc1)C1CCc2cccnc21. The summed E-state index contributed by atoms with van der Waals surface area (Å²) >= 11 is 0. The van der Waals surface area contributed by atoms with Gasteiger partial charge in [-0.1, -0.05) is 24.3 Å². The highest BCUT2D eigenvalue weighted by molar-refractivity contribution is 5.30. The predicted molar refractivity (Wildman–Crippen MR) is 83.0 cm³/mol. The quantitative estimate of drug-likeness (QED) is 0.631. The number of nitrogens with one attached hydrogen (secondary N) is 1. The van der Waals surface area contributed by atoms with E-state index < -0.39 is 0 Å². The number of rotatable bonds is 6. The fraction of sp³-hybridized carbons (Fsp3) is 0.353. The Labute approximate surface area is 125 Å². The van der Waals surface area contributed by atoms with E-state index in [0.717, 1.165) is 25.0 Å². The summed E-state index contributed by atoms with van der Waals surface area (Å²) in [6, 6.07) is 14.2. The van der Waals surface area contributed by atoms with E-state index in [0.29, 0.717) is 12.5 Å². The Morgan fingerprint density at radius 2 is 2.10 bits per heavy atom. The first-order valence-corrected chi connectivity index (χ1v) is 7.46. The van der Waals surface area contributed by atoms with Gasteiger partial charge in [-0.2, -0.15) is 0 Å². The highest BCUT2D eigenvalue weighted by Gasteiger charge is 2.30. The number of aromatic nitrogens is 1. The number of hydrogen-bond acceptors (Lipinski definition) is 4. The van der Waals surface area contributed by atoms with Crippen LogP contribution in [0.15, 0.2) is 48.7 Å². The number of ether oxygens (including phenoxy) is 1. The molecule has 2 aromatic rings. The van der Waals surface area contributed by atoms with Gasteiger partial charge in [-0.15, -0.1) is 0 Å². The fourth-order valence-electron chi connectivity index (χ4n) is 3.06. The van der Waals surface area contributed by atoms with Crippen LogP contribution in [0.2, 0.25) is 0 Å². The van der Waals surface area contributed by atoms with Gasteiger partial charge >= 0.3 is 0 Å². The zero-order valence-electron chi connectivity index (χ0n) is 12.0. The zero-order chi connectivity index (χ0) is 14.5. The molecule has 0 aliphatic heterocycles. The van der Waals surface area contributed by atoms with E-state index in [2.05, 4.69) is 16.5 Å². The lowest BCUT2D eigenvalue weighted by molar-refractivity contribution is 0.271. The van der Waals surface area contributed by atoms with Crippen LogP contribution >= 0.6 is 0 Å². The number of benzene rings is 1. The van der Waals surface area contributed by atoms with Crippen LogP contribution in [0.5, 0.6) is 5.75 Å². The van der Waals surface area contributed by atoms with Crippen molar-refractivity contribution in [2.24, 2.45) is 5.84 Å². The van der Waals surface area contributed by atoms with Crippen LogP contribution in [0.1, 0.15) is 30.0 Å². The van der Waals surface area contributed by atoms with Crippen molar-refractivity contribution in [3.63, 3.8) is 0 Å². The third-order valence-electron chi connectivity index (χ3n) is 4.14. The Bertz CT molecular complexity index is 573. The molecule has 0 radical (unpaired) electrons. The molecule has 2 atom stereocenters. The van der Waals surface area contributed by atoms with Gasteiger partial charge in [0.05, 0.1) is 6.61 Å². The zero-order valence-corrected chi connectivity index (χ0v) is 12.0. The summed E-state index contributed by atoms with van der Waals surface area (Å²) in [5.74, 6) is 7.04. The van der Waals surface area contributed by atoms with E-state index in [1.54, 1.807) is 0 Å². The van der Waals surface area contributed by atoms with Gasteiger partial charge < -0.3 is 4.74 Å². The minimum absolute atomic E-state index is 0.199. The molecule has 21 heavy (non-hydrogen) atoms. The average Bonchev–Trinajstić information content (AvgIpc) is 2.97. The Kier molecular flexibility index (Phi) is 4.48. The van der Waals surface area contributed by atoms with Gasteiger partial charge in [0.2, 0.25) is 0 Å². The van der Waals surface area contributed by atoms with Gasteiger partial charge in [0.1, 0.15) is 5.75 Å². The molecule has 3 N–H and O–H groups in total. The molecule has 0 spiro atoms. The van der Waals surface area contributed by atoms with E-state index in [1.807, 2.05) is 42.6 Å². The largest absolute Gasteiger partial charge is 0.494 e. The summed E-state index contributed by atoms with van der Waals surface area (Å²) in [4.78, 5) is 4.54. The van der Waals surface area contributed by atoms with Gasteiger partial charge in [0.25, 0.3) is 0 Å². The molecular formula is C17H21N3O. The van der Waals surface area contributed by atoms with Gasteiger partial charge in [-0.05, 0) is 43.0 Å². The summed E-state index contributed by atoms with van der Waals surface area (Å²) in [6.45, 7) is 0.650. The number of pyridine rings is 1. The van der Waals surface area contributed by atoms with Crippen molar-refractivity contribution in [1.82, 2.24) is 10.4 Å². The number of nitrogens with two attached hydrogens (primary N) is 1. The van der Waals surface area contributed by atoms with Crippen LogP contribution in [-0.2, 0) is 6.42 Å². The van der Waals surface area contributed by atoms with E-state index in [9.17, 15) is 0 Å². The van der Waals surface area contributed by atoms with Crippen molar-refractivity contribution < 1.29 is 4.74 Å². The van der Waals surface area contributed by atoms with Crippen molar-refractivity contribution in [1.29, 1.82) is 0 Å². The van der Waals surface area contributed by atoms with Gasteiger partial charge in [0, 0.05) is 23.9 Å². The van der Waals surface area contributed by atoms with Crippen LogP contribution in [0.25, 0.3) is 0 Å². The van der Waals surface area contributed by atoms with E-state index in [1.165, 1.54) is 11.3 Å². The third-order valence-corrected chi connectivity index (χ3v) is 4.14. The molecule has 1 aromatic carbocycles. The number of aryl methyl sites for hydroxylation is 1. The molecule has 4 nitrogen and oxygen atoms in total. The first-order valence-electron chi connectivity index (χ1n) is 7.46. The van der Waals surface area contributed by atoms with Crippen molar-refractivity contribution in [3.05, 3.63) is 59.9 Å². The topological polar surface area (TPSA) is 60.2 Å². The number of fused-ring (bicyclic) bond motifs is 1. The predicted octanol–water partition coefficient (Wildman–Crippen LogP) is 2.41. The number of para-hydroxylation sites is 1. The van der Waals surface area contributed by atoms with Crippen molar-refractivity contribution in [3.8, 4) is 5.75 Å². The third kappa shape index (κ3) is 3.23. The summed E-state index contributed by atoms with van der Waals surface area (Å²) in [7, 11) is 0. The Morgan fingerprint density at radius 1 is 1.24 bits per heavy atom. The average molecular weight is 283 g/mol. The molecule has 4 heteroatoms. The van der Waals surface area contributed by atoms with Crippen LogP contribution < -0.4 is 16.0 Å². The smallest absolute Gasteiger partial charge is 0.119 e. The molecular weight excluding hydrogens is 262 g/mol. The number of hydrogen-bond donors (Lipinski definition) is 2. The molecule has 3 rings (SSSR count). The van der Waals surface area contributed by atoms with E-state index in [4.69, 9.17) is 10.6 Å². The minimum atomic E-state index is 0.199. The van der Waals surface area contributed by atoms with Gasteiger partial charge in [-0.3, -0.25) is 16.3 Å². The van der Waals surface area contributed by atoms with Gasteiger partial charge in [0.15, 0.2) is 0 Å². The molecule has 2 unspecified atom stereocenters. The molecule has 1 aromatic heterocycles. The maximum absolute atomic E-state index is 5.77. The Balaban J connectivity index is 1.59. The second kappa shape index (κ2) is 6.70. The molecule has 1 aliphatic rings. The standard InChI is InChI=1S/C17H21N3O/c18-20-16(10-12-21-14-6-2-1-3-7-14)15-9-8-13-5-4-11-19-17(13)15/h1-7,11,15-16,20H,8-10,12,18H2. The summed E-state index contributed by atoms with van der Waals surface area (Å²) in [5, 5.41) is 0. The minimum Gasteiger partial charge on any atom is -0.494 e. The Morgan fingerprint density at radius 3 is 2.90 bits per heavy atom. The summed E-state index contributed by atoms with van der Waals surface area (Å²) in [6.07, 6.45) is 4.93. The molecule has 1 heterocycles. The highest BCUT2D eigenvalue weighted by Crippen LogP contribution is 2.34. The van der Waals surface area contributed by atoms with Crippen LogP contribution in [0, 0.1) is 0 Å². The van der Waals surface area contributed by atoms with E-state index in [-0.39, 0.29) is 6.04 Å².